The highest BCUT2D eigenvalue weighted by Crippen LogP contribution is 2.11. The molecule has 0 aromatic heterocycles. The molecule has 0 bridgehead atoms. The van der Waals surface area contributed by atoms with Crippen LogP contribution in [0.2, 0.25) is 0 Å². The molecule has 1 atom stereocenters. The Labute approximate surface area is 175 Å². The van der Waals surface area contributed by atoms with E-state index in [0.717, 1.165) is 19.4 Å². The van der Waals surface area contributed by atoms with Gasteiger partial charge in [0.25, 0.3) is 0 Å². The fraction of sp³-hybridized carbons (Fsp3) is 0.957. The normalized spacial score (nSPS) is 12.4. The Kier molecular flexibility index (Phi) is 22.2. The Morgan fingerprint density at radius 2 is 1.21 bits per heavy atom. The number of carbonyl (C=O) groups is 1. The van der Waals surface area contributed by atoms with Crippen LogP contribution in [0.5, 0.6) is 0 Å². The standard InChI is InChI=1S/C14H28O2.C9H22N2O/c1-2-3-4-5-6-7-8-9-10-11-12-13-14(15)16;1-5-6-7-8-10-9(2)11(3,4)12/h2-13H2,1H3,(H,15,16);9-10H,5-8H2,1-4H3. The summed E-state index contributed by atoms with van der Waals surface area (Å²) in [7, 11) is 3.33. The number of nitrogens with zero attached hydrogens (tertiary/aromatic N) is 1. The Morgan fingerprint density at radius 1 is 0.821 bits per heavy atom. The van der Waals surface area contributed by atoms with Crippen molar-refractivity contribution in [3.63, 3.8) is 0 Å². The van der Waals surface area contributed by atoms with Crippen LogP contribution in [0.25, 0.3) is 0 Å². The van der Waals surface area contributed by atoms with Crippen LogP contribution >= 0.6 is 0 Å². The molecule has 0 saturated carbocycles. The lowest BCUT2D eigenvalue weighted by Gasteiger charge is -2.40. The van der Waals surface area contributed by atoms with E-state index in [1.165, 1.54) is 77.0 Å². The first-order valence-electron chi connectivity index (χ1n) is 11.8. The quantitative estimate of drug-likeness (QED) is 0.119. The SMILES string of the molecule is CCCCCCCCCCCCCC(=O)O.CCCCCNC(C)[N+](C)(C)[O-]. The molecular weight excluding hydrogens is 352 g/mol. The number of hydrogen-bond acceptors (Lipinski definition) is 3. The van der Waals surface area contributed by atoms with Gasteiger partial charge in [-0.1, -0.05) is 90.9 Å². The van der Waals surface area contributed by atoms with Gasteiger partial charge in [-0.25, -0.2) is 0 Å². The minimum absolute atomic E-state index is 0.00172. The highest BCUT2D eigenvalue weighted by molar-refractivity contribution is 5.66. The van der Waals surface area contributed by atoms with Crippen LogP contribution in [0.4, 0.5) is 0 Å². The predicted octanol–water partition coefficient (Wildman–Crippen LogP) is 6.46. The number of hydroxylamine groups is 3. The van der Waals surface area contributed by atoms with E-state index in [1.54, 1.807) is 14.1 Å². The molecule has 0 aromatic carbocycles. The van der Waals surface area contributed by atoms with Gasteiger partial charge in [0.05, 0.1) is 14.1 Å². The smallest absolute Gasteiger partial charge is 0.303 e. The summed E-state index contributed by atoms with van der Waals surface area (Å²) in [5, 5.41) is 23.0. The van der Waals surface area contributed by atoms with Gasteiger partial charge in [-0.05, 0) is 12.8 Å². The molecule has 170 valence electrons. The van der Waals surface area contributed by atoms with Crippen LogP contribution < -0.4 is 5.32 Å². The molecule has 0 fully saturated rings. The van der Waals surface area contributed by atoms with Crippen LogP contribution in [0, 0.1) is 5.21 Å². The van der Waals surface area contributed by atoms with Gasteiger partial charge in [0.2, 0.25) is 0 Å². The average Bonchev–Trinajstić information content (AvgIpc) is 2.62. The first-order chi connectivity index (χ1) is 13.3. The van der Waals surface area contributed by atoms with Gasteiger partial charge in [-0.3, -0.25) is 10.1 Å². The summed E-state index contributed by atoms with van der Waals surface area (Å²) < 4.78 is -0.258. The molecule has 0 saturated heterocycles. The van der Waals surface area contributed by atoms with Gasteiger partial charge < -0.3 is 15.0 Å². The third kappa shape index (κ3) is 25.4. The molecule has 5 nitrogen and oxygen atoms in total. The third-order valence-corrected chi connectivity index (χ3v) is 5.15. The summed E-state index contributed by atoms with van der Waals surface area (Å²) in [6.07, 6.45) is 18.0. The molecular formula is C23H50N2O3. The second kappa shape index (κ2) is 21.1. The zero-order valence-corrected chi connectivity index (χ0v) is 19.6. The molecule has 0 amide bonds. The average molecular weight is 403 g/mol. The number of nitrogens with one attached hydrogen (secondary N) is 1. The van der Waals surface area contributed by atoms with E-state index in [1.807, 2.05) is 6.92 Å². The van der Waals surface area contributed by atoms with Crippen LogP contribution in [-0.4, -0.2) is 42.5 Å². The molecule has 1 unspecified atom stereocenters. The van der Waals surface area contributed by atoms with Crippen molar-refractivity contribution in [2.24, 2.45) is 0 Å². The van der Waals surface area contributed by atoms with Crippen molar-refractivity contribution in [1.29, 1.82) is 0 Å². The van der Waals surface area contributed by atoms with Crippen molar-refractivity contribution < 1.29 is 14.5 Å². The van der Waals surface area contributed by atoms with Crippen molar-refractivity contribution in [2.45, 2.75) is 123 Å². The third-order valence-electron chi connectivity index (χ3n) is 5.15. The van der Waals surface area contributed by atoms with Crippen molar-refractivity contribution in [3.8, 4) is 0 Å². The first kappa shape index (κ1) is 29.6. The van der Waals surface area contributed by atoms with Crippen molar-refractivity contribution in [1.82, 2.24) is 5.32 Å². The van der Waals surface area contributed by atoms with Crippen molar-refractivity contribution >= 4 is 5.97 Å². The summed E-state index contributed by atoms with van der Waals surface area (Å²) in [5.41, 5.74) is 0. The zero-order valence-electron chi connectivity index (χ0n) is 19.6. The Hall–Kier alpha value is -0.650. The summed E-state index contributed by atoms with van der Waals surface area (Å²) in [4.78, 5) is 10.3. The maximum atomic E-state index is 11.3. The van der Waals surface area contributed by atoms with Crippen molar-refractivity contribution in [3.05, 3.63) is 5.21 Å². The molecule has 0 aliphatic heterocycles. The summed E-state index contributed by atoms with van der Waals surface area (Å²) >= 11 is 0. The molecule has 0 spiro atoms. The molecule has 28 heavy (non-hydrogen) atoms. The van der Waals surface area contributed by atoms with Gasteiger partial charge in [0, 0.05) is 19.9 Å². The number of carboxylic acids is 1. The van der Waals surface area contributed by atoms with E-state index in [2.05, 4.69) is 19.2 Å². The van der Waals surface area contributed by atoms with Crippen LogP contribution in [0.15, 0.2) is 0 Å². The molecule has 5 heteroatoms. The second-order valence-corrected chi connectivity index (χ2v) is 8.45. The van der Waals surface area contributed by atoms with Crippen LogP contribution in [-0.2, 0) is 4.79 Å². The minimum Gasteiger partial charge on any atom is -0.632 e. The number of carboxylic acid groups (broad SMARTS) is 1. The predicted molar refractivity (Wildman–Crippen MR) is 121 cm³/mol. The van der Waals surface area contributed by atoms with Crippen LogP contribution in [0.3, 0.4) is 0 Å². The number of rotatable bonds is 18. The Morgan fingerprint density at radius 3 is 1.61 bits per heavy atom. The molecule has 0 aromatic rings. The van der Waals surface area contributed by atoms with E-state index in [4.69, 9.17) is 5.11 Å². The van der Waals surface area contributed by atoms with E-state index >= 15 is 0 Å². The van der Waals surface area contributed by atoms with Gasteiger partial charge in [0.15, 0.2) is 0 Å². The number of quaternary nitrogens is 1. The monoisotopic (exact) mass is 402 g/mol. The number of aliphatic carboxylic acids is 1. The summed E-state index contributed by atoms with van der Waals surface area (Å²) in [5.74, 6) is -0.657. The Bertz CT molecular complexity index is 330. The fourth-order valence-electron chi connectivity index (χ4n) is 2.85. The van der Waals surface area contributed by atoms with E-state index in [-0.39, 0.29) is 10.8 Å². The molecule has 0 rings (SSSR count). The lowest BCUT2D eigenvalue weighted by Crippen LogP contribution is -2.50. The second-order valence-electron chi connectivity index (χ2n) is 8.45. The largest absolute Gasteiger partial charge is 0.632 e. The minimum atomic E-state index is -0.657. The molecule has 0 radical (unpaired) electrons. The van der Waals surface area contributed by atoms with Crippen molar-refractivity contribution in [2.75, 3.05) is 20.6 Å². The molecule has 0 heterocycles. The lowest BCUT2D eigenvalue weighted by molar-refractivity contribution is -0.868. The van der Waals surface area contributed by atoms with E-state index < -0.39 is 5.97 Å². The maximum absolute atomic E-state index is 11.3. The maximum Gasteiger partial charge on any atom is 0.303 e. The van der Waals surface area contributed by atoms with E-state index in [0.29, 0.717) is 6.42 Å². The fourth-order valence-corrected chi connectivity index (χ4v) is 2.85. The van der Waals surface area contributed by atoms with Gasteiger partial charge in [-0.15, -0.1) is 0 Å². The van der Waals surface area contributed by atoms with Crippen LogP contribution in [0.1, 0.15) is 117 Å². The highest BCUT2D eigenvalue weighted by atomic mass is 16.5. The molecule has 0 aliphatic rings. The number of hydrogen-bond donors (Lipinski definition) is 2. The first-order valence-corrected chi connectivity index (χ1v) is 11.8. The topological polar surface area (TPSA) is 72.4 Å². The molecule has 2 N–H and O–H groups in total. The van der Waals surface area contributed by atoms with Gasteiger partial charge >= 0.3 is 5.97 Å². The number of unbranched alkanes of at least 4 members (excludes halogenated alkanes) is 12. The highest BCUT2D eigenvalue weighted by Gasteiger charge is 2.11. The van der Waals surface area contributed by atoms with Gasteiger partial charge in [0.1, 0.15) is 6.17 Å². The van der Waals surface area contributed by atoms with Gasteiger partial charge in [-0.2, -0.15) is 0 Å². The lowest BCUT2D eigenvalue weighted by atomic mass is 10.1. The summed E-state index contributed by atoms with van der Waals surface area (Å²) in [6, 6.07) is 0. The molecule has 0 aliphatic carbocycles. The Balaban J connectivity index is 0. The van der Waals surface area contributed by atoms with E-state index in [9.17, 15) is 10.0 Å². The summed E-state index contributed by atoms with van der Waals surface area (Å²) in [6.45, 7) is 7.31. The zero-order chi connectivity index (χ0) is 21.7.